The molecule has 2 rings (SSSR count). The van der Waals surface area contributed by atoms with E-state index < -0.39 is 0 Å². The van der Waals surface area contributed by atoms with Gasteiger partial charge in [-0.05, 0) is 50.3 Å². The Morgan fingerprint density at radius 2 is 2.11 bits per heavy atom. The second-order valence-electron chi connectivity index (χ2n) is 5.51. The molecule has 1 heterocycles. The summed E-state index contributed by atoms with van der Waals surface area (Å²) < 4.78 is 0. The molecule has 0 amide bonds. The second kappa shape index (κ2) is 6.63. The zero-order valence-electron chi connectivity index (χ0n) is 11.8. The van der Waals surface area contributed by atoms with Crippen molar-refractivity contribution in [3.63, 3.8) is 0 Å². The molecule has 0 aromatic heterocycles. The van der Waals surface area contributed by atoms with Crippen LogP contribution in [0.25, 0.3) is 0 Å². The highest BCUT2D eigenvalue weighted by molar-refractivity contribution is 8.00. The average Bonchev–Trinajstić information content (AvgIpc) is 2.77. The van der Waals surface area contributed by atoms with Gasteiger partial charge in [0.1, 0.15) is 0 Å². The van der Waals surface area contributed by atoms with Gasteiger partial charge in [-0.25, -0.2) is 0 Å². The molecular formula is C16H25NS. The molecule has 3 atom stereocenters. The molecule has 0 fully saturated rings. The van der Waals surface area contributed by atoms with Gasteiger partial charge in [0.15, 0.2) is 0 Å². The monoisotopic (exact) mass is 263 g/mol. The summed E-state index contributed by atoms with van der Waals surface area (Å²) >= 11 is 2.08. The molecule has 1 aromatic rings. The van der Waals surface area contributed by atoms with Crippen molar-refractivity contribution in [2.45, 2.75) is 56.2 Å². The van der Waals surface area contributed by atoms with E-state index in [9.17, 15) is 0 Å². The first kappa shape index (κ1) is 14.0. The Kier molecular flexibility index (Phi) is 5.13. The van der Waals surface area contributed by atoms with Crippen LogP contribution in [-0.4, -0.2) is 17.8 Å². The Balaban J connectivity index is 1.82. The topological polar surface area (TPSA) is 12.0 Å². The third-order valence-electron chi connectivity index (χ3n) is 3.92. The molecular weight excluding hydrogens is 238 g/mol. The Morgan fingerprint density at radius 3 is 2.83 bits per heavy atom. The predicted octanol–water partition coefficient (Wildman–Crippen LogP) is 4.12. The number of fused-ring (bicyclic) bond motifs is 1. The van der Waals surface area contributed by atoms with E-state index in [0.29, 0.717) is 6.04 Å². The van der Waals surface area contributed by atoms with Crippen molar-refractivity contribution in [2.75, 3.05) is 6.54 Å². The molecule has 0 bridgehead atoms. The third-order valence-corrected chi connectivity index (χ3v) is 5.26. The number of hydrogen-bond acceptors (Lipinski definition) is 2. The summed E-state index contributed by atoms with van der Waals surface area (Å²) in [5, 5.41) is 4.40. The number of thioether (sulfide) groups is 1. The highest BCUT2D eigenvalue weighted by atomic mass is 32.2. The van der Waals surface area contributed by atoms with Gasteiger partial charge in [0.05, 0.1) is 0 Å². The van der Waals surface area contributed by atoms with Crippen LogP contribution in [0.4, 0.5) is 0 Å². The zero-order chi connectivity index (χ0) is 13.0. The first-order chi connectivity index (χ1) is 8.70. The van der Waals surface area contributed by atoms with Gasteiger partial charge in [0.2, 0.25) is 0 Å². The van der Waals surface area contributed by atoms with E-state index >= 15 is 0 Å². The molecule has 1 N–H and O–H groups in total. The van der Waals surface area contributed by atoms with Crippen LogP contribution in [0.2, 0.25) is 0 Å². The lowest BCUT2D eigenvalue weighted by Crippen LogP contribution is -2.34. The highest BCUT2D eigenvalue weighted by Crippen LogP contribution is 2.39. The van der Waals surface area contributed by atoms with Crippen molar-refractivity contribution in [1.82, 2.24) is 5.32 Å². The Bertz CT molecular complexity index is 352. The maximum atomic E-state index is 3.62. The molecule has 100 valence electrons. The van der Waals surface area contributed by atoms with Crippen molar-refractivity contribution in [2.24, 2.45) is 5.92 Å². The Labute approximate surface area is 116 Å². The summed E-state index contributed by atoms with van der Waals surface area (Å²) in [6.45, 7) is 8.08. The lowest BCUT2D eigenvalue weighted by molar-refractivity contribution is 0.377. The van der Waals surface area contributed by atoms with Crippen LogP contribution in [0.1, 0.15) is 39.2 Å². The number of nitrogens with one attached hydrogen (secondary N) is 1. The van der Waals surface area contributed by atoms with Crippen molar-refractivity contribution < 1.29 is 0 Å². The molecule has 18 heavy (non-hydrogen) atoms. The summed E-state index contributed by atoms with van der Waals surface area (Å²) in [5.41, 5.74) is 1.55. The van der Waals surface area contributed by atoms with Gasteiger partial charge in [0.25, 0.3) is 0 Å². The number of benzene rings is 1. The standard InChI is InChI=1S/C16H25NS/c1-4-9-17-13(3)12(2)10-15-11-14-7-5-6-8-16(14)18-15/h5-8,12-13,15,17H,4,9-11H2,1-3H3. The first-order valence-electron chi connectivity index (χ1n) is 7.18. The normalized spacial score (nSPS) is 21.6. The van der Waals surface area contributed by atoms with Gasteiger partial charge in [-0.2, -0.15) is 0 Å². The summed E-state index contributed by atoms with van der Waals surface area (Å²) in [6, 6.07) is 9.50. The van der Waals surface area contributed by atoms with Crippen LogP contribution in [0, 0.1) is 5.92 Å². The molecule has 1 aliphatic rings. The fourth-order valence-corrected chi connectivity index (χ4v) is 4.06. The van der Waals surface area contributed by atoms with E-state index in [4.69, 9.17) is 0 Å². The van der Waals surface area contributed by atoms with Gasteiger partial charge in [-0.3, -0.25) is 0 Å². The van der Waals surface area contributed by atoms with Crippen LogP contribution in [0.15, 0.2) is 29.2 Å². The summed E-state index contributed by atoms with van der Waals surface area (Å²) in [4.78, 5) is 1.50. The molecule has 2 heteroatoms. The molecule has 0 saturated carbocycles. The van der Waals surface area contributed by atoms with E-state index in [-0.39, 0.29) is 0 Å². The van der Waals surface area contributed by atoms with Crippen LogP contribution in [-0.2, 0) is 6.42 Å². The van der Waals surface area contributed by atoms with E-state index in [2.05, 4.69) is 62.1 Å². The van der Waals surface area contributed by atoms with Crippen molar-refractivity contribution >= 4 is 11.8 Å². The predicted molar refractivity (Wildman–Crippen MR) is 81.3 cm³/mol. The van der Waals surface area contributed by atoms with Crippen molar-refractivity contribution in [3.05, 3.63) is 29.8 Å². The van der Waals surface area contributed by atoms with Crippen molar-refractivity contribution in [1.29, 1.82) is 0 Å². The lowest BCUT2D eigenvalue weighted by Gasteiger charge is -2.23. The fraction of sp³-hybridized carbons (Fsp3) is 0.625. The minimum Gasteiger partial charge on any atom is -0.314 e. The number of hydrogen-bond donors (Lipinski definition) is 1. The van der Waals surface area contributed by atoms with E-state index in [0.717, 1.165) is 17.7 Å². The lowest BCUT2D eigenvalue weighted by atomic mass is 9.95. The SMILES string of the molecule is CCCNC(C)C(C)CC1Cc2ccccc2S1. The average molecular weight is 263 g/mol. The summed E-state index contributed by atoms with van der Waals surface area (Å²) in [5.74, 6) is 0.753. The molecule has 1 aliphatic heterocycles. The smallest absolute Gasteiger partial charge is 0.0138 e. The van der Waals surface area contributed by atoms with E-state index in [1.807, 2.05) is 0 Å². The maximum Gasteiger partial charge on any atom is 0.0138 e. The van der Waals surface area contributed by atoms with Gasteiger partial charge in [0, 0.05) is 16.2 Å². The first-order valence-corrected chi connectivity index (χ1v) is 8.06. The van der Waals surface area contributed by atoms with Crippen LogP contribution < -0.4 is 5.32 Å². The molecule has 0 aliphatic carbocycles. The quantitative estimate of drug-likeness (QED) is 0.828. The van der Waals surface area contributed by atoms with E-state index in [1.54, 1.807) is 5.56 Å². The van der Waals surface area contributed by atoms with Gasteiger partial charge < -0.3 is 5.32 Å². The zero-order valence-corrected chi connectivity index (χ0v) is 12.6. The molecule has 0 radical (unpaired) electrons. The van der Waals surface area contributed by atoms with Crippen LogP contribution >= 0.6 is 11.8 Å². The van der Waals surface area contributed by atoms with Crippen LogP contribution in [0.3, 0.4) is 0 Å². The summed E-state index contributed by atoms with van der Waals surface area (Å²) in [6.07, 6.45) is 3.80. The largest absolute Gasteiger partial charge is 0.314 e. The third kappa shape index (κ3) is 3.52. The Hall–Kier alpha value is -0.470. The van der Waals surface area contributed by atoms with Gasteiger partial charge in [-0.1, -0.05) is 32.0 Å². The fourth-order valence-electron chi connectivity index (χ4n) is 2.58. The number of rotatable bonds is 6. The molecule has 3 unspecified atom stereocenters. The minimum atomic E-state index is 0.634. The molecule has 1 nitrogen and oxygen atoms in total. The minimum absolute atomic E-state index is 0.634. The van der Waals surface area contributed by atoms with Gasteiger partial charge in [-0.15, -0.1) is 11.8 Å². The van der Waals surface area contributed by atoms with Crippen molar-refractivity contribution in [3.8, 4) is 0 Å². The molecule has 0 spiro atoms. The molecule has 1 aromatic carbocycles. The maximum absolute atomic E-state index is 3.62. The highest BCUT2D eigenvalue weighted by Gasteiger charge is 2.25. The summed E-state index contributed by atoms with van der Waals surface area (Å²) in [7, 11) is 0. The Morgan fingerprint density at radius 1 is 1.33 bits per heavy atom. The molecule has 0 saturated heterocycles. The van der Waals surface area contributed by atoms with Crippen LogP contribution in [0.5, 0.6) is 0 Å². The van der Waals surface area contributed by atoms with Gasteiger partial charge >= 0.3 is 0 Å². The van der Waals surface area contributed by atoms with E-state index in [1.165, 1.54) is 24.2 Å². The second-order valence-corrected chi connectivity index (χ2v) is 6.85.